The molecule has 0 aliphatic heterocycles. The fourth-order valence-corrected chi connectivity index (χ4v) is 2.31. The van der Waals surface area contributed by atoms with Crippen LogP contribution >= 0.6 is 0 Å². The van der Waals surface area contributed by atoms with E-state index >= 15 is 0 Å². The lowest BCUT2D eigenvalue weighted by atomic mass is 10.1. The standard InChI is InChI=1S/C15H19NO3/c1-3-16(9-11-7-5-4-6-10(11)2)14(17)12-8-13(12)15(18)19/h4-7,12-13H,3,8-9H2,1-2H3,(H,18,19)/t12-,13+/m1/s1. The number of nitrogens with zero attached hydrogens (tertiary/aromatic N) is 1. The molecule has 1 amide bonds. The van der Waals surface area contributed by atoms with Crippen molar-refractivity contribution < 1.29 is 14.7 Å². The van der Waals surface area contributed by atoms with Crippen LogP contribution in [0.2, 0.25) is 0 Å². The number of carboxylic acids is 1. The molecule has 4 nitrogen and oxygen atoms in total. The van der Waals surface area contributed by atoms with Crippen LogP contribution in [0.5, 0.6) is 0 Å². The predicted molar refractivity (Wildman–Crippen MR) is 71.5 cm³/mol. The quantitative estimate of drug-likeness (QED) is 0.882. The van der Waals surface area contributed by atoms with Crippen molar-refractivity contribution in [2.75, 3.05) is 6.54 Å². The second-order valence-corrected chi connectivity index (χ2v) is 5.07. The van der Waals surface area contributed by atoms with E-state index in [1.807, 2.05) is 38.1 Å². The summed E-state index contributed by atoms with van der Waals surface area (Å²) in [7, 11) is 0. The molecule has 2 rings (SSSR count). The van der Waals surface area contributed by atoms with Gasteiger partial charge in [-0.3, -0.25) is 9.59 Å². The van der Waals surface area contributed by atoms with Gasteiger partial charge in [-0.25, -0.2) is 0 Å². The van der Waals surface area contributed by atoms with Gasteiger partial charge < -0.3 is 10.0 Å². The molecule has 0 unspecified atom stereocenters. The van der Waals surface area contributed by atoms with E-state index in [2.05, 4.69) is 0 Å². The monoisotopic (exact) mass is 261 g/mol. The Kier molecular flexibility index (Phi) is 3.88. The average molecular weight is 261 g/mol. The first-order valence-corrected chi connectivity index (χ1v) is 6.60. The van der Waals surface area contributed by atoms with Gasteiger partial charge in [0.15, 0.2) is 0 Å². The summed E-state index contributed by atoms with van der Waals surface area (Å²) in [6.07, 6.45) is 0.485. The number of hydrogen-bond donors (Lipinski definition) is 1. The normalized spacial score (nSPS) is 20.9. The minimum absolute atomic E-state index is 0.0295. The van der Waals surface area contributed by atoms with Crippen molar-refractivity contribution in [3.63, 3.8) is 0 Å². The SMILES string of the molecule is CCN(Cc1ccccc1C)C(=O)[C@@H]1C[C@@H]1C(=O)O. The Morgan fingerprint density at radius 1 is 1.32 bits per heavy atom. The van der Waals surface area contributed by atoms with E-state index in [0.717, 1.165) is 11.1 Å². The third-order valence-corrected chi connectivity index (χ3v) is 3.74. The molecule has 0 bridgehead atoms. The Hall–Kier alpha value is -1.84. The van der Waals surface area contributed by atoms with E-state index in [1.165, 1.54) is 0 Å². The first-order valence-electron chi connectivity index (χ1n) is 6.60. The van der Waals surface area contributed by atoms with Crippen molar-refractivity contribution >= 4 is 11.9 Å². The second-order valence-electron chi connectivity index (χ2n) is 5.07. The average Bonchev–Trinajstić information content (AvgIpc) is 3.17. The molecule has 0 radical (unpaired) electrons. The van der Waals surface area contributed by atoms with Gasteiger partial charge >= 0.3 is 5.97 Å². The molecule has 1 aliphatic carbocycles. The Morgan fingerprint density at radius 3 is 2.53 bits per heavy atom. The predicted octanol–water partition coefficient (Wildman–Crippen LogP) is 2.06. The number of carbonyl (C=O) groups is 2. The second kappa shape index (κ2) is 5.43. The summed E-state index contributed by atoms with van der Waals surface area (Å²) in [5.41, 5.74) is 2.27. The maximum absolute atomic E-state index is 12.2. The van der Waals surface area contributed by atoms with Crippen molar-refractivity contribution in [1.29, 1.82) is 0 Å². The molecule has 1 saturated carbocycles. The van der Waals surface area contributed by atoms with Gasteiger partial charge in [0.25, 0.3) is 0 Å². The van der Waals surface area contributed by atoms with Gasteiger partial charge in [0.1, 0.15) is 0 Å². The molecule has 0 saturated heterocycles. The molecule has 0 aromatic heterocycles. The van der Waals surface area contributed by atoms with Crippen LogP contribution < -0.4 is 0 Å². The zero-order valence-corrected chi connectivity index (χ0v) is 11.3. The molecule has 1 aromatic carbocycles. The minimum atomic E-state index is -0.856. The van der Waals surface area contributed by atoms with Crippen LogP contribution in [-0.2, 0) is 16.1 Å². The Labute approximate surface area is 113 Å². The highest BCUT2D eigenvalue weighted by Crippen LogP contribution is 2.40. The van der Waals surface area contributed by atoms with E-state index in [9.17, 15) is 9.59 Å². The molecule has 19 heavy (non-hydrogen) atoms. The van der Waals surface area contributed by atoms with Crippen molar-refractivity contribution in [2.24, 2.45) is 11.8 Å². The van der Waals surface area contributed by atoms with Crippen molar-refractivity contribution in [2.45, 2.75) is 26.8 Å². The van der Waals surface area contributed by atoms with Gasteiger partial charge in [0, 0.05) is 13.1 Å². The minimum Gasteiger partial charge on any atom is -0.481 e. The maximum atomic E-state index is 12.2. The van der Waals surface area contributed by atoms with Crippen LogP contribution in [-0.4, -0.2) is 28.4 Å². The Morgan fingerprint density at radius 2 is 2.00 bits per heavy atom. The first kappa shape index (κ1) is 13.6. The molecular weight excluding hydrogens is 242 g/mol. The van der Waals surface area contributed by atoms with Gasteiger partial charge in [-0.1, -0.05) is 24.3 Å². The summed E-state index contributed by atoms with van der Waals surface area (Å²) >= 11 is 0. The topological polar surface area (TPSA) is 57.6 Å². The molecule has 4 heteroatoms. The van der Waals surface area contributed by atoms with Gasteiger partial charge in [0.2, 0.25) is 5.91 Å². The number of hydrogen-bond acceptors (Lipinski definition) is 2. The van der Waals surface area contributed by atoms with E-state index in [0.29, 0.717) is 19.5 Å². The van der Waals surface area contributed by atoms with E-state index in [1.54, 1.807) is 4.90 Å². The van der Waals surface area contributed by atoms with E-state index in [4.69, 9.17) is 5.11 Å². The maximum Gasteiger partial charge on any atom is 0.307 e. The number of rotatable bonds is 5. The molecule has 1 aliphatic rings. The molecule has 0 spiro atoms. The molecule has 102 valence electrons. The summed E-state index contributed by atoms with van der Waals surface area (Å²) in [6.45, 7) is 5.11. The molecule has 0 heterocycles. The number of carbonyl (C=O) groups excluding carboxylic acids is 1. The van der Waals surface area contributed by atoms with Gasteiger partial charge in [0.05, 0.1) is 11.8 Å². The number of aryl methyl sites for hydroxylation is 1. The highest BCUT2D eigenvalue weighted by Gasteiger charge is 2.49. The highest BCUT2D eigenvalue weighted by atomic mass is 16.4. The highest BCUT2D eigenvalue weighted by molar-refractivity contribution is 5.89. The van der Waals surface area contributed by atoms with Gasteiger partial charge in [-0.15, -0.1) is 0 Å². The zero-order valence-electron chi connectivity index (χ0n) is 11.3. The molecule has 1 N–H and O–H groups in total. The summed E-state index contributed by atoms with van der Waals surface area (Å²) in [4.78, 5) is 24.8. The van der Waals surface area contributed by atoms with Crippen LogP contribution in [0.25, 0.3) is 0 Å². The van der Waals surface area contributed by atoms with Gasteiger partial charge in [-0.05, 0) is 31.4 Å². The lowest BCUT2D eigenvalue weighted by Crippen LogP contribution is -2.32. The van der Waals surface area contributed by atoms with Crippen LogP contribution in [0, 0.1) is 18.8 Å². The smallest absolute Gasteiger partial charge is 0.307 e. The third-order valence-electron chi connectivity index (χ3n) is 3.74. The molecule has 2 atom stereocenters. The van der Waals surface area contributed by atoms with E-state index < -0.39 is 11.9 Å². The third kappa shape index (κ3) is 2.95. The molecular formula is C15H19NO3. The van der Waals surface area contributed by atoms with Crippen LogP contribution in [0.4, 0.5) is 0 Å². The van der Waals surface area contributed by atoms with Crippen LogP contribution in [0.3, 0.4) is 0 Å². The number of carboxylic acid groups (broad SMARTS) is 1. The van der Waals surface area contributed by atoms with Crippen molar-refractivity contribution in [3.8, 4) is 0 Å². The first-order chi connectivity index (χ1) is 9.04. The summed E-state index contributed by atoms with van der Waals surface area (Å²) in [5.74, 6) is -1.68. The number of benzene rings is 1. The van der Waals surface area contributed by atoms with Crippen molar-refractivity contribution in [1.82, 2.24) is 4.90 Å². The summed E-state index contributed by atoms with van der Waals surface area (Å²) in [6, 6.07) is 7.95. The fraction of sp³-hybridized carbons (Fsp3) is 0.467. The summed E-state index contributed by atoms with van der Waals surface area (Å²) < 4.78 is 0. The van der Waals surface area contributed by atoms with Crippen LogP contribution in [0.15, 0.2) is 24.3 Å². The van der Waals surface area contributed by atoms with Crippen molar-refractivity contribution in [3.05, 3.63) is 35.4 Å². The molecule has 1 aromatic rings. The van der Waals surface area contributed by atoms with Crippen LogP contribution in [0.1, 0.15) is 24.5 Å². The fourth-order valence-electron chi connectivity index (χ4n) is 2.31. The largest absolute Gasteiger partial charge is 0.481 e. The Bertz CT molecular complexity index is 498. The lowest BCUT2D eigenvalue weighted by Gasteiger charge is -2.22. The molecule has 1 fully saturated rings. The lowest BCUT2D eigenvalue weighted by molar-refractivity contribution is -0.142. The summed E-state index contributed by atoms with van der Waals surface area (Å²) in [5, 5.41) is 8.89. The number of amides is 1. The Balaban J connectivity index is 2.03. The van der Waals surface area contributed by atoms with Gasteiger partial charge in [-0.2, -0.15) is 0 Å². The van der Waals surface area contributed by atoms with E-state index in [-0.39, 0.29) is 11.8 Å². The number of aliphatic carboxylic acids is 1. The zero-order chi connectivity index (χ0) is 14.0.